The van der Waals surface area contributed by atoms with Crippen molar-refractivity contribution in [2.75, 3.05) is 0 Å². The fourth-order valence-electron chi connectivity index (χ4n) is 8.14. The molecule has 0 saturated heterocycles. The van der Waals surface area contributed by atoms with Gasteiger partial charge in [-0.05, 0) is 85.9 Å². The van der Waals surface area contributed by atoms with Crippen molar-refractivity contribution in [2.24, 2.45) is 40.4 Å². The normalized spacial score (nSPS) is 48.4. The van der Waals surface area contributed by atoms with Gasteiger partial charge in [0.15, 0.2) is 0 Å². The zero-order valence-electron chi connectivity index (χ0n) is 16.2. The summed E-state index contributed by atoms with van der Waals surface area (Å²) >= 11 is 0. The summed E-state index contributed by atoms with van der Waals surface area (Å²) in [6.45, 7) is 4.66. The van der Waals surface area contributed by atoms with Crippen molar-refractivity contribution in [3.63, 3.8) is 0 Å². The second kappa shape index (κ2) is 6.24. The van der Waals surface area contributed by atoms with E-state index in [0.29, 0.717) is 23.7 Å². The number of alkyl halides is 3. The third-order valence-corrected chi connectivity index (χ3v) is 9.35. The molecule has 4 fully saturated rings. The largest absolute Gasteiger partial charge is 0.395 e. The van der Waals surface area contributed by atoms with E-state index < -0.39 is 18.4 Å². The van der Waals surface area contributed by atoms with Crippen LogP contribution in [0.2, 0.25) is 0 Å². The number of halogens is 3. The van der Waals surface area contributed by atoms with Crippen LogP contribution < -0.4 is 0 Å². The van der Waals surface area contributed by atoms with Crippen LogP contribution in [0.25, 0.3) is 0 Å². The van der Waals surface area contributed by atoms with Crippen molar-refractivity contribution in [1.82, 2.24) is 0 Å². The molecular formula is C22H33F3O. The van der Waals surface area contributed by atoms with E-state index >= 15 is 0 Å². The molecule has 7 atom stereocenters. The van der Waals surface area contributed by atoms with Gasteiger partial charge in [-0.15, -0.1) is 0 Å². The predicted octanol–water partition coefficient (Wildman–Crippen LogP) is 6.56. The maximum absolute atomic E-state index is 12.8. The molecule has 4 heteroatoms. The molecule has 0 heterocycles. The van der Waals surface area contributed by atoms with E-state index in [9.17, 15) is 18.0 Å². The van der Waals surface area contributed by atoms with Gasteiger partial charge in [0.25, 0.3) is 0 Å². The minimum atomic E-state index is -4.36. The molecule has 4 aliphatic rings. The highest BCUT2D eigenvalue weighted by Gasteiger charge is 2.61. The molecule has 1 nitrogen and oxygen atoms in total. The lowest BCUT2D eigenvalue weighted by molar-refractivity contribution is -0.160. The quantitative estimate of drug-likeness (QED) is 0.538. The summed E-state index contributed by atoms with van der Waals surface area (Å²) < 4.78 is 38.4. The summed E-state index contributed by atoms with van der Waals surface area (Å²) in [6, 6.07) is 0. The number of hydrogen-bond acceptors (Lipinski definition) is 1. The van der Waals surface area contributed by atoms with Crippen molar-refractivity contribution >= 4 is 5.78 Å². The molecule has 4 saturated carbocycles. The fraction of sp³-hybridized carbons (Fsp3) is 0.955. The first-order chi connectivity index (χ1) is 12.2. The highest BCUT2D eigenvalue weighted by atomic mass is 19.4. The third kappa shape index (κ3) is 2.85. The van der Waals surface area contributed by atoms with Gasteiger partial charge in [-0.25, -0.2) is 0 Å². The fourth-order valence-corrected chi connectivity index (χ4v) is 8.14. The molecule has 0 bridgehead atoms. The maximum atomic E-state index is 12.8. The Morgan fingerprint density at radius 3 is 2.35 bits per heavy atom. The highest BCUT2D eigenvalue weighted by Crippen LogP contribution is 2.67. The van der Waals surface area contributed by atoms with Crippen LogP contribution in [0.1, 0.15) is 84.5 Å². The van der Waals surface area contributed by atoms with Crippen molar-refractivity contribution in [2.45, 2.75) is 90.7 Å². The van der Waals surface area contributed by atoms with Crippen LogP contribution in [-0.4, -0.2) is 12.0 Å². The van der Waals surface area contributed by atoms with Crippen LogP contribution in [0.5, 0.6) is 0 Å². The Hall–Kier alpha value is -0.540. The Bertz CT molecular complexity index is 570. The molecule has 0 aromatic carbocycles. The second-order valence-electron chi connectivity index (χ2n) is 10.3. The first kappa shape index (κ1) is 18.8. The summed E-state index contributed by atoms with van der Waals surface area (Å²) in [5.74, 6) is 1.77. The Morgan fingerprint density at radius 1 is 0.885 bits per heavy atom. The first-order valence-electron chi connectivity index (χ1n) is 10.7. The van der Waals surface area contributed by atoms with Crippen LogP contribution in [0, 0.1) is 40.4 Å². The van der Waals surface area contributed by atoms with Crippen LogP contribution >= 0.6 is 0 Å². The van der Waals surface area contributed by atoms with E-state index in [1.807, 2.05) is 0 Å². The van der Waals surface area contributed by atoms with E-state index in [-0.39, 0.29) is 11.3 Å². The van der Waals surface area contributed by atoms with Crippen molar-refractivity contribution in [3.05, 3.63) is 0 Å². The molecule has 0 unspecified atom stereocenters. The van der Waals surface area contributed by atoms with E-state index in [4.69, 9.17) is 0 Å². The van der Waals surface area contributed by atoms with E-state index in [1.54, 1.807) is 0 Å². The lowest BCUT2D eigenvalue weighted by atomic mass is 9.45. The van der Waals surface area contributed by atoms with Gasteiger partial charge in [0.2, 0.25) is 0 Å². The van der Waals surface area contributed by atoms with E-state index in [0.717, 1.165) is 31.1 Å². The topological polar surface area (TPSA) is 17.1 Å². The smallest absolute Gasteiger partial charge is 0.299 e. The molecule has 0 N–H and O–H groups in total. The molecule has 0 aromatic rings. The number of Topliss-reactive ketones (excluding diaryl/α,β-unsaturated/α-hetero) is 1. The average Bonchev–Trinajstić information content (AvgIpc) is 2.90. The standard InChI is InChI=1S/C22H33F3O/c1-20-11-4-3-5-14(20)6-7-15-16-8-9-18(19(26)13-22(23,24)25)21(16,2)12-10-17(15)20/h14-18H,3-13H2,1-2H3/t14-,15+,16+,17+,18-,20+,21+/m1/s1. The number of rotatable bonds is 2. The molecule has 4 rings (SSSR count). The van der Waals surface area contributed by atoms with Gasteiger partial charge < -0.3 is 0 Å². The summed E-state index contributed by atoms with van der Waals surface area (Å²) in [5.41, 5.74) is 0.248. The van der Waals surface area contributed by atoms with E-state index in [2.05, 4.69) is 13.8 Å². The zero-order valence-corrected chi connectivity index (χ0v) is 16.2. The lowest BCUT2D eigenvalue weighted by Crippen LogP contribution is -2.53. The van der Waals surface area contributed by atoms with Gasteiger partial charge in [0.1, 0.15) is 12.2 Å². The summed E-state index contributed by atoms with van der Waals surface area (Å²) in [6.07, 6.45) is 6.08. The molecule has 0 aromatic heterocycles. The average molecular weight is 370 g/mol. The Labute approximate surface area is 155 Å². The molecule has 0 spiro atoms. The number of fused-ring (bicyclic) bond motifs is 5. The molecule has 26 heavy (non-hydrogen) atoms. The van der Waals surface area contributed by atoms with Crippen LogP contribution in [0.15, 0.2) is 0 Å². The van der Waals surface area contributed by atoms with Crippen LogP contribution in [0.4, 0.5) is 13.2 Å². The number of hydrogen-bond donors (Lipinski definition) is 0. The minimum Gasteiger partial charge on any atom is -0.299 e. The Kier molecular flexibility index (Phi) is 4.51. The summed E-state index contributed by atoms with van der Waals surface area (Å²) in [4.78, 5) is 12.5. The van der Waals surface area contributed by atoms with Crippen LogP contribution in [0.3, 0.4) is 0 Å². The number of ketones is 1. The molecule has 0 radical (unpaired) electrons. The minimum absolute atomic E-state index is 0.193. The first-order valence-corrected chi connectivity index (χ1v) is 10.7. The van der Waals surface area contributed by atoms with Crippen molar-refractivity contribution in [1.29, 1.82) is 0 Å². The van der Waals surface area contributed by atoms with Gasteiger partial charge >= 0.3 is 6.18 Å². The number of carbonyl (C=O) groups is 1. The van der Waals surface area contributed by atoms with Gasteiger partial charge in [-0.2, -0.15) is 13.2 Å². The molecule has 0 aliphatic heterocycles. The summed E-state index contributed by atoms with van der Waals surface area (Å²) in [7, 11) is 0. The van der Waals surface area contributed by atoms with Gasteiger partial charge in [0, 0.05) is 5.92 Å². The maximum Gasteiger partial charge on any atom is 0.395 e. The highest BCUT2D eigenvalue weighted by molar-refractivity contribution is 5.82. The van der Waals surface area contributed by atoms with Crippen molar-refractivity contribution < 1.29 is 18.0 Å². The lowest BCUT2D eigenvalue weighted by Gasteiger charge is -2.60. The molecule has 4 aliphatic carbocycles. The third-order valence-electron chi connectivity index (χ3n) is 9.35. The Balaban J connectivity index is 1.55. The SMILES string of the molecule is C[C@]12CCCC[C@@H]1CC[C@@H]1[C@@H]2CC[C@]2(C)[C@@H](C(=O)CC(F)(F)F)CC[C@@H]12. The molecular weight excluding hydrogens is 337 g/mol. The molecule has 0 amide bonds. The second-order valence-corrected chi connectivity index (χ2v) is 10.3. The van der Waals surface area contributed by atoms with E-state index in [1.165, 1.54) is 38.5 Å². The summed E-state index contributed by atoms with van der Waals surface area (Å²) in [5, 5.41) is 0. The Morgan fingerprint density at radius 2 is 1.62 bits per heavy atom. The van der Waals surface area contributed by atoms with Gasteiger partial charge in [-0.3, -0.25) is 4.79 Å². The molecule has 148 valence electrons. The number of carbonyl (C=O) groups excluding carboxylic acids is 1. The van der Waals surface area contributed by atoms with Crippen LogP contribution in [-0.2, 0) is 4.79 Å². The zero-order chi connectivity index (χ0) is 18.7. The monoisotopic (exact) mass is 370 g/mol. The van der Waals surface area contributed by atoms with Crippen molar-refractivity contribution in [3.8, 4) is 0 Å². The predicted molar refractivity (Wildman–Crippen MR) is 95.5 cm³/mol. The van der Waals surface area contributed by atoms with Gasteiger partial charge in [0.05, 0.1) is 0 Å². The van der Waals surface area contributed by atoms with Gasteiger partial charge in [-0.1, -0.05) is 26.7 Å².